The van der Waals surface area contributed by atoms with Crippen molar-refractivity contribution < 1.29 is 14.3 Å². The van der Waals surface area contributed by atoms with Crippen LogP contribution in [-0.2, 0) is 9.59 Å². The molecule has 0 spiro atoms. The van der Waals surface area contributed by atoms with Crippen LogP contribution in [0.15, 0.2) is 42.5 Å². The van der Waals surface area contributed by atoms with E-state index in [9.17, 15) is 9.59 Å². The minimum absolute atomic E-state index is 0.0170. The van der Waals surface area contributed by atoms with Gasteiger partial charge in [0.25, 0.3) is 0 Å². The number of nitrogens with one attached hydrogen (secondary N) is 2. The molecule has 0 radical (unpaired) electrons. The summed E-state index contributed by atoms with van der Waals surface area (Å²) in [5.74, 6) is 0.0917. The summed E-state index contributed by atoms with van der Waals surface area (Å²) in [5.41, 5.74) is 1.43. The molecule has 7 nitrogen and oxygen atoms in total. The number of hydrogen-bond acceptors (Lipinski definition) is 5. The highest BCUT2D eigenvalue weighted by Crippen LogP contribution is 2.20. The zero-order valence-electron chi connectivity index (χ0n) is 15.0. The molecule has 2 amide bonds. The molecule has 0 heterocycles. The van der Waals surface area contributed by atoms with Crippen molar-refractivity contribution in [2.24, 2.45) is 0 Å². The Morgan fingerprint density at radius 2 is 1.74 bits per heavy atom. The fraction of sp³-hybridized carbons (Fsp3) is 0.211. The van der Waals surface area contributed by atoms with Gasteiger partial charge >= 0.3 is 0 Å². The van der Waals surface area contributed by atoms with Crippen molar-refractivity contribution in [3.05, 3.63) is 53.1 Å². The SMILES string of the molecule is COc1cccc(NC(=O)CN(C)CC(=O)Nc2ccc(C#N)c(Cl)c2)c1. The minimum Gasteiger partial charge on any atom is -0.497 e. The van der Waals surface area contributed by atoms with Crippen LogP contribution in [0.25, 0.3) is 0 Å². The largest absolute Gasteiger partial charge is 0.497 e. The normalized spacial score (nSPS) is 10.2. The van der Waals surface area contributed by atoms with E-state index in [1.807, 2.05) is 6.07 Å². The number of nitriles is 1. The Morgan fingerprint density at radius 3 is 2.30 bits per heavy atom. The van der Waals surface area contributed by atoms with Crippen molar-refractivity contribution in [3.8, 4) is 11.8 Å². The number of hydrogen-bond donors (Lipinski definition) is 2. The number of halogens is 1. The van der Waals surface area contributed by atoms with Crippen molar-refractivity contribution in [1.29, 1.82) is 5.26 Å². The molecule has 0 aliphatic rings. The fourth-order valence-corrected chi connectivity index (χ4v) is 2.55. The van der Waals surface area contributed by atoms with Crippen LogP contribution in [0.3, 0.4) is 0 Å². The van der Waals surface area contributed by atoms with Gasteiger partial charge in [-0.05, 0) is 37.4 Å². The van der Waals surface area contributed by atoms with Gasteiger partial charge in [-0.3, -0.25) is 14.5 Å². The topological polar surface area (TPSA) is 94.5 Å². The molecule has 27 heavy (non-hydrogen) atoms. The van der Waals surface area contributed by atoms with E-state index in [0.717, 1.165) is 0 Å². The Morgan fingerprint density at radius 1 is 1.11 bits per heavy atom. The number of carbonyl (C=O) groups is 2. The van der Waals surface area contributed by atoms with Gasteiger partial charge in [0, 0.05) is 17.4 Å². The first kappa shape index (κ1) is 20.2. The molecule has 2 aromatic carbocycles. The minimum atomic E-state index is -0.299. The van der Waals surface area contributed by atoms with Crippen molar-refractivity contribution >= 4 is 34.8 Å². The van der Waals surface area contributed by atoms with Crippen LogP contribution in [-0.4, -0.2) is 44.0 Å². The predicted octanol–water partition coefficient (Wildman–Crippen LogP) is 2.73. The molecule has 140 valence electrons. The number of likely N-dealkylation sites (N-methyl/N-ethyl adjacent to an activating group) is 1. The van der Waals surface area contributed by atoms with Crippen LogP contribution < -0.4 is 15.4 Å². The van der Waals surface area contributed by atoms with Gasteiger partial charge < -0.3 is 15.4 Å². The smallest absolute Gasteiger partial charge is 0.238 e. The van der Waals surface area contributed by atoms with Crippen LogP contribution >= 0.6 is 11.6 Å². The molecule has 0 bridgehead atoms. The van der Waals surface area contributed by atoms with E-state index in [2.05, 4.69) is 10.6 Å². The maximum atomic E-state index is 12.1. The average molecular weight is 387 g/mol. The maximum Gasteiger partial charge on any atom is 0.238 e. The van der Waals surface area contributed by atoms with Crippen LogP contribution in [0.2, 0.25) is 5.02 Å². The molecule has 2 N–H and O–H groups in total. The zero-order chi connectivity index (χ0) is 19.8. The number of benzene rings is 2. The van der Waals surface area contributed by atoms with Gasteiger partial charge in [0.05, 0.1) is 30.8 Å². The second-order valence-electron chi connectivity index (χ2n) is 5.81. The zero-order valence-corrected chi connectivity index (χ0v) is 15.7. The molecule has 0 aromatic heterocycles. The molecule has 0 atom stereocenters. The van der Waals surface area contributed by atoms with Crippen molar-refractivity contribution in [3.63, 3.8) is 0 Å². The second kappa shape index (κ2) is 9.57. The first-order valence-electron chi connectivity index (χ1n) is 8.03. The van der Waals surface area contributed by atoms with Crippen LogP contribution in [0.1, 0.15) is 5.56 Å². The maximum absolute atomic E-state index is 12.1. The average Bonchev–Trinajstić information content (AvgIpc) is 2.61. The van der Waals surface area contributed by atoms with Gasteiger partial charge in [0.1, 0.15) is 11.8 Å². The van der Waals surface area contributed by atoms with Crippen molar-refractivity contribution in [2.75, 3.05) is 37.9 Å². The molecular weight excluding hydrogens is 368 g/mol. The van der Waals surface area contributed by atoms with Crippen molar-refractivity contribution in [2.45, 2.75) is 0 Å². The Kier molecular flexibility index (Phi) is 7.17. The van der Waals surface area contributed by atoms with E-state index in [0.29, 0.717) is 22.7 Å². The molecular formula is C19H19ClN4O3. The number of nitrogens with zero attached hydrogens (tertiary/aromatic N) is 2. The monoisotopic (exact) mass is 386 g/mol. The summed E-state index contributed by atoms with van der Waals surface area (Å²) in [5, 5.41) is 14.6. The Balaban J connectivity index is 1.84. The Labute approximate surface area is 162 Å². The molecule has 0 saturated carbocycles. The number of anilines is 2. The lowest BCUT2D eigenvalue weighted by molar-refractivity contribution is -0.119. The Bertz CT molecular complexity index is 879. The molecule has 2 rings (SSSR count). The standard InChI is InChI=1S/C19H19ClN4O3/c1-24(11-18(25)22-14-4-3-5-16(8-14)27-2)12-19(26)23-15-7-6-13(10-21)17(20)9-15/h3-9H,11-12H2,1-2H3,(H,22,25)(H,23,26). The predicted molar refractivity (Wildman–Crippen MR) is 104 cm³/mol. The highest BCUT2D eigenvalue weighted by Gasteiger charge is 2.12. The summed E-state index contributed by atoms with van der Waals surface area (Å²) in [6.45, 7) is 0.0574. The highest BCUT2D eigenvalue weighted by molar-refractivity contribution is 6.32. The van der Waals surface area contributed by atoms with Gasteiger partial charge in [0.2, 0.25) is 11.8 Å². The van der Waals surface area contributed by atoms with E-state index < -0.39 is 0 Å². The molecule has 0 saturated heterocycles. The molecule has 8 heteroatoms. The first-order chi connectivity index (χ1) is 12.9. The number of carbonyl (C=O) groups excluding carboxylic acids is 2. The van der Waals surface area contributed by atoms with E-state index in [4.69, 9.17) is 21.6 Å². The van der Waals surface area contributed by atoms with Gasteiger partial charge in [-0.25, -0.2) is 0 Å². The summed E-state index contributed by atoms with van der Waals surface area (Å²) in [7, 11) is 3.21. The van der Waals surface area contributed by atoms with Crippen LogP contribution in [0.4, 0.5) is 11.4 Å². The second-order valence-corrected chi connectivity index (χ2v) is 6.21. The van der Waals surface area contributed by atoms with E-state index in [-0.39, 0.29) is 29.9 Å². The summed E-state index contributed by atoms with van der Waals surface area (Å²) in [6.07, 6.45) is 0. The lowest BCUT2D eigenvalue weighted by Crippen LogP contribution is -2.36. The lowest BCUT2D eigenvalue weighted by atomic mass is 10.2. The first-order valence-corrected chi connectivity index (χ1v) is 8.41. The van der Waals surface area contributed by atoms with Gasteiger partial charge in [-0.1, -0.05) is 17.7 Å². The van der Waals surface area contributed by atoms with E-state index >= 15 is 0 Å². The van der Waals surface area contributed by atoms with Crippen molar-refractivity contribution in [1.82, 2.24) is 4.90 Å². The van der Waals surface area contributed by atoms with Gasteiger partial charge in [-0.15, -0.1) is 0 Å². The third-order valence-electron chi connectivity index (χ3n) is 3.55. The highest BCUT2D eigenvalue weighted by atomic mass is 35.5. The third-order valence-corrected chi connectivity index (χ3v) is 3.87. The summed E-state index contributed by atoms with van der Waals surface area (Å²) in [6, 6.07) is 13.6. The molecule has 0 aliphatic carbocycles. The van der Waals surface area contributed by atoms with Crippen LogP contribution in [0, 0.1) is 11.3 Å². The summed E-state index contributed by atoms with van der Waals surface area (Å²) in [4.78, 5) is 25.8. The third kappa shape index (κ3) is 6.29. The summed E-state index contributed by atoms with van der Waals surface area (Å²) >= 11 is 5.94. The molecule has 0 fully saturated rings. The quantitative estimate of drug-likeness (QED) is 0.763. The van der Waals surface area contributed by atoms with E-state index in [1.54, 1.807) is 49.4 Å². The number of ether oxygens (including phenoxy) is 1. The summed E-state index contributed by atoms with van der Waals surface area (Å²) < 4.78 is 5.11. The van der Waals surface area contributed by atoms with Crippen LogP contribution in [0.5, 0.6) is 5.75 Å². The van der Waals surface area contributed by atoms with Gasteiger partial charge in [-0.2, -0.15) is 5.26 Å². The van der Waals surface area contributed by atoms with Gasteiger partial charge in [0.15, 0.2) is 0 Å². The lowest BCUT2D eigenvalue weighted by Gasteiger charge is -2.16. The fourth-order valence-electron chi connectivity index (χ4n) is 2.33. The number of amides is 2. The Hall–Kier alpha value is -3.08. The van der Waals surface area contributed by atoms with E-state index in [1.165, 1.54) is 12.1 Å². The molecule has 0 unspecified atom stereocenters. The molecule has 2 aromatic rings. The number of methoxy groups -OCH3 is 1. The molecule has 0 aliphatic heterocycles. The number of rotatable bonds is 7.